The second-order valence-electron chi connectivity index (χ2n) is 7.34. The zero-order valence-corrected chi connectivity index (χ0v) is 18.1. The van der Waals surface area contributed by atoms with Gasteiger partial charge < -0.3 is 20.5 Å². The minimum Gasteiger partial charge on any atom is -0.480 e. The van der Waals surface area contributed by atoms with E-state index in [1.165, 1.54) is 42.1 Å². The van der Waals surface area contributed by atoms with E-state index in [-0.39, 0.29) is 23.0 Å². The number of ether oxygens (including phenoxy) is 2. The maximum atomic E-state index is 13.1. The first-order valence-electron chi connectivity index (χ1n) is 9.88. The van der Waals surface area contributed by atoms with E-state index < -0.39 is 23.4 Å². The first-order chi connectivity index (χ1) is 16.5. The number of nitrogens with zero attached hydrogens (tertiary/aromatic N) is 4. The molecule has 0 aliphatic heterocycles. The Balaban J connectivity index is 1.67. The minimum atomic E-state index is -4.99. The number of halogens is 3. The van der Waals surface area contributed by atoms with Gasteiger partial charge in [-0.2, -0.15) is 4.98 Å². The van der Waals surface area contributed by atoms with Crippen molar-refractivity contribution in [3.63, 3.8) is 0 Å². The molecule has 14 heteroatoms. The van der Waals surface area contributed by atoms with E-state index >= 15 is 0 Å². The van der Waals surface area contributed by atoms with Crippen molar-refractivity contribution >= 4 is 33.2 Å². The van der Waals surface area contributed by atoms with Crippen LogP contribution in [0.25, 0.3) is 16.8 Å². The van der Waals surface area contributed by atoms with E-state index in [0.717, 1.165) is 6.07 Å². The number of methoxy groups -OCH3 is 1. The van der Waals surface area contributed by atoms with E-state index in [0.29, 0.717) is 16.8 Å². The smallest absolute Gasteiger partial charge is 0.480 e. The fraction of sp³-hybridized carbons (Fsp3) is 0.143. The zero-order valence-electron chi connectivity index (χ0n) is 18.1. The zero-order chi connectivity index (χ0) is 25.4. The Labute approximate surface area is 199 Å². The van der Waals surface area contributed by atoms with Gasteiger partial charge in [-0.05, 0) is 35.2 Å². The molecular weight excluding hydrogens is 463 g/mol. The van der Waals surface area contributed by atoms with Gasteiger partial charge in [-0.1, -0.05) is 18.2 Å². The first-order valence-corrected chi connectivity index (χ1v) is 9.88. The molecule has 4 aromatic rings. The number of fused-ring (bicyclic) bond motifs is 1. The van der Waals surface area contributed by atoms with Gasteiger partial charge in [0.1, 0.15) is 11.3 Å². The van der Waals surface area contributed by atoms with Crippen LogP contribution in [0.3, 0.4) is 0 Å². The summed E-state index contributed by atoms with van der Waals surface area (Å²) in [6, 6.07) is 9.77. The summed E-state index contributed by atoms with van der Waals surface area (Å²) < 4.78 is 49.1. The summed E-state index contributed by atoms with van der Waals surface area (Å²) in [7, 11) is 13.3. The van der Waals surface area contributed by atoms with Gasteiger partial charge in [0.15, 0.2) is 5.65 Å². The van der Waals surface area contributed by atoms with Crippen LogP contribution in [0.4, 0.5) is 19.1 Å². The van der Waals surface area contributed by atoms with Gasteiger partial charge in [0, 0.05) is 23.5 Å². The number of anilines is 1. The lowest BCUT2D eigenvalue weighted by Gasteiger charge is -2.30. The van der Waals surface area contributed by atoms with E-state index in [1.807, 2.05) is 0 Å². The van der Waals surface area contributed by atoms with Crippen LogP contribution in [0.5, 0.6) is 11.6 Å². The molecule has 0 aliphatic carbocycles. The second-order valence-corrected chi connectivity index (χ2v) is 7.34. The molecule has 1 amide bonds. The number of nitrogens with one attached hydrogen (secondary N) is 1. The number of alkyl halides is 3. The number of aromatic nitrogens is 4. The van der Waals surface area contributed by atoms with Gasteiger partial charge in [-0.25, -0.2) is 9.50 Å². The summed E-state index contributed by atoms with van der Waals surface area (Å²) >= 11 is 0. The number of hydrogen-bond acceptors (Lipinski definition) is 7. The minimum absolute atomic E-state index is 0.0605. The molecule has 0 atom stereocenters. The molecule has 0 bridgehead atoms. The molecular formula is C21H15B2F3N6O3. The summed E-state index contributed by atoms with van der Waals surface area (Å²) in [5.41, 5.74) is 6.83. The fourth-order valence-electron chi connectivity index (χ4n) is 3.36. The highest BCUT2D eigenvalue weighted by molar-refractivity contribution is 6.41. The Kier molecular flexibility index (Phi) is 6.05. The van der Waals surface area contributed by atoms with Crippen molar-refractivity contribution in [2.24, 2.45) is 0 Å². The molecule has 9 nitrogen and oxygen atoms in total. The Hall–Kier alpha value is -4.22. The molecule has 35 heavy (non-hydrogen) atoms. The van der Waals surface area contributed by atoms with Crippen molar-refractivity contribution in [1.29, 1.82) is 0 Å². The Morgan fingerprint density at radius 2 is 1.89 bits per heavy atom. The van der Waals surface area contributed by atoms with Gasteiger partial charge in [-0.3, -0.25) is 4.79 Å². The van der Waals surface area contributed by atoms with Gasteiger partial charge >= 0.3 is 6.36 Å². The summed E-state index contributed by atoms with van der Waals surface area (Å²) in [4.78, 5) is 21.3. The van der Waals surface area contributed by atoms with Crippen molar-refractivity contribution in [2.75, 3.05) is 12.8 Å². The Morgan fingerprint density at radius 3 is 2.60 bits per heavy atom. The topological polar surface area (TPSA) is 117 Å². The van der Waals surface area contributed by atoms with Gasteiger partial charge in [0.2, 0.25) is 11.8 Å². The van der Waals surface area contributed by atoms with E-state index in [9.17, 15) is 18.0 Å². The molecule has 4 rings (SSSR count). The normalized spacial score (nSPS) is 11.9. The molecule has 3 heterocycles. The fourth-order valence-corrected chi connectivity index (χ4v) is 3.36. The number of nitrogen functional groups attached to an aromatic ring is 1. The van der Waals surface area contributed by atoms with E-state index in [2.05, 4.69) is 25.1 Å². The molecule has 174 valence electrons. The van der Waals surface area contributed by atoms with Crippen molar-refractivity contribution in [3.8, 4) is 22.8 Å². The average molecular weight is 478 g/mol. The van der Waals surface area contributed by atoms with Crippen molar-refractivity contribution in [3.05, 3.63) is 66.0 Å². The SMILES string of the molecule is [B]C([B])(NC(=O)c1cc(-c2ccn3nc(N)nc3c2)cnc1OC)c1ccccc1OC(F)(F)F. The lowest BCUT2D eigenvalue weighted by Crippen LogP contribution is -2.47. The van der Waals surface area contributed by atoms with Crippen molar-refractivity contribution in [1.82, 2.24) is 24.9 Å². The third-order valence-corrected chi connectivity index (χ3v) is 4.86. The molecule has 0 saturated heterocycles. The predicted octanol–water partition coefficient (Wildman–Crippen LogP) is 2.16. The maximum Gasteiger partial charge on any atom is 0.573 e. The molecule has 0 fully saturated rings. The maximum absolute atomic E-state index is 13.1. The number of benzene rings is 1. The molecule has 3 N–H and O–H groups in total. The number of rotatable bonds is 6. The number of hydrogen-bond donors (Lipinski definition) is 2. The molecule has 0 saturated carbocycles. The average Bonchev–Trinajstić information content (AvgIpc) is 3.16. The lowest BCUT2D eigenvalue weighted by molar-refractivity contribution is -0.275. The third-order valence-electron chi connectivity index (χ3n) is 4.86. The number of nitrogens with two attached hydrogens (primary N) is 1. The van der Waals surface area contributed by atoms with E-state index in [4.69, 9.17) is 26.2 Å². The van der Waals surface area contributed by atoms with Crippen LogP contribution in [0, 0.1) is 0 Å². The second kappa shape index (κ2) is 8.85. The highest BCUT2D eigenvalue weighted by Gasteiger charge is 2.35. The Morgan fingerprint density at radius 1 is 1.14 bits per heavy atom. The van der Waals surface area contributed by atoms with Gasteiger partial charge in [0.05, 0.1) is 22.8 Å². The van der Waals surface area contributed by atoms with Crippen molar-refractivity contribution < 1.29 is 27.4 Å². The van der Waals surface area contributed by atoms with Crippen LogP contribution in [-0.4, -0.2) is 54.7 Å². The van der Waals surface area contributed by atoms with Crippen molar-refractivity contribution in [2.45, 2.75) is 11.7 Å². The number of para-hydroxylation sites is 1. The summed E-state index contributed by atoms with van der Waals surface area (Å²) in [5, 5.41) is 4.06. The van der Waals surface area contributed by atoms with Crippen LogP contribution in [-0.2, 0) is 5.34 Å². The molecule has 1 aromatic carbocycles. The quantitative estimate of drug-likeness (QED) is 0.408. The summed E-state index contributed by atoms with van der Waals surface area (Å²) in [6.45, 7) is 0. The van der Waals surface area contributed by atoms with Crippen LogP contribution in [0.2, 0.25) is 0 Å². The Bertz CT molecular complexity index is 1410. The predicted molar refractivity (Wildman–Crippen MR) is 121 cm³/mol. The molecule has 0 spiro atoms. The molecule has 0 unspecified atom stereocenters. The van der Waals surface area contributed by atoms with Crippen LogP contribution < -0.4 is 20.5 Å². The summed E-state index contributed by atoms with van der Waals surface area (Å²) in [6.07, 6.45) is -1.90. The van der Waals surface area contributed by atoms with Gasteiger partial charge in [0.25, 0.3) is 5.91 Å². The monoisotopic (exact) mass is 478 g/mol. The van der Waals surface area contributed by atoms with Crippen LogP contribution in [0.15, 0.2) is 54.9 Å². The van der Waals surface area contributed by atoms with E-state index in [1.54, 1.807) is 18.3 Å². The highest BCUT2D eigenvalue weighted by Crippen LogP contribution is 2.32. The van der Waals surface area contributed by atoms with Crippen LogP contribution in [0.1, 0.15) is 15.9 Å². The molecule has 0 aliphatic rings. The standard InChI is InChI=1S/C21H15B2F3N6O3/c1-34-18-13(8-12(10-28-18)11-6-7-32-16(9-11)29-19(27)31-32)17(33)30-20(22,23)14-4-2-3-5-15(14)35-21(24,25)26/h2-10H,1H3,(H2,27,31)(H,30,33). The highest BCUT2D eigenvalue weighted by atomic mass is 19.4. The third kappa shape index (κ3) is 5.15. The first kappa shape index (κ1) is 23.9. The number of pyridine rings is 2. The largest absolute Gasteiger partial charge is 0.573 e. The summed E-state index contributed by atoms with van der Waals surface area (Å²) in [5.74, 6) is -1.48. The number of carbonyl (C=O) groups is 1. The molecule has 3 aromatic heterocycles. The number of carbonyl (C=O) groups excluding carboxylic acids is 1. The number of amides is 1. The van der Waals surface area contributed by atoms with Crippen LogP contribution >= 0.6 is 0 Å². The van der Waals surface area contributed by atoms with Gasteiger partial charge in [-0.15, -0.1) is 18.3 Å². The lowest BCUT2D eigenvalue weighted by atomic mass is 9.57. The molecule has 4 radical (unpaired) electrons.